The highest BCUT2D eigenvalue weighted by Gasteiger charge is 2.24. The van der Waals surface area contributed by atoms with Crippen LogP contribution in [0.3, 0.4) is 0 Å². The molecule has 2 N–H and O–H groups in total. The second-order valence-electron chi connectivity index (χ2n) is 4.22. The quantitative estimate of drug-likeness (QED) is 0.661. The Hall–Kier alpha value is -0.410. The molecule has 0 aliphatic carbocycles. The zero-order valence-corrected chi connectivity index (χ0v) is 8.51. The average molecular weight is 173 g/mol. The van der Waals surface area contributed by atoms with E-state index in [9.17, 15) is 9.90 Å². The van der Waals surface area contributed by atoms with E-state index in [1.165, 1.54) is 6.92 Å². The van der Waals surface area contributed by atoms with Crippen LogP contribution >= 0.6 is 0 Å². The van der Waals surface area contributed by atoms with Crippen LogP contribution in [-0.2, 0) is 4.79 Å². The molecule has 3 heteroatoms. The van der Waals surface area contributed by atoms with Crippen molar-refractivity contribution in [2.24, 2.45) is 0 Å². The Kier molecular flexibility index (Phi) is 3.87. The summed E-state index contributed by atoms with van der Waals surface area (Å²) in [6.45, 7) is 8.99. The van der Waals surface area contributed by atoms with Gasteiger partial charge < -0.3 is 10.4 Å². The van der Waals surface area contributed by atoms with Gasteiger partial charge >= 0.3 is 0 Å². The van der Waals surface area contributed by atoms with Gasteiger partial charge in [0.05, 0.1) is 12.1 Å². The second kappa shape index (κ2) is 4.01. The molecule has 0 saturated carbocycles. The van der Waals surface area contributed by atoms with Crippen molar-refractivity contribution in [1.29, 1.82) is 0 Å². The first-order valence-electron chi connectivity index (χ1n) is 4.20. The summed E-state index contributed by atoms with van der Waals surface area (Å²) in [6, 6.07) is -0.454. The third kappa shape index (κ3) is 4.46. The standard InChI is InChI=1S/C9H19NO2/c1-6(11)8(7(2)12)10-9(3,4)5/h6,8,10-11H,1-5H3/t6-,8-/m0/s1. The lowest BCUT2D eigenvalue weighted by molar-refractivity contribution is -0.121. The fourth-order valence-electron chi connectivity index (χ4n) is 1.03. The molecular weight excluding hydrogens is 154 g/mol. The topological polar surface area (TPSA) is 49.3 Å². The summed E-state index contributed by atoms with van der Waals surface area (Å²) < 4.78 is 0. The van der Waals surface area contributed by atoms with Gasteiger partial charge in [0.15, 0.2) is 0 Å². The summed E-state index contributed by atoms with van der Waals surface area (Å²) >= 11 is 0. The molecule has 0 aromatic rings. The van der Waals surface area contributed by atoms with E-state index in [0.717, 1.165) is 0 Å². The summed E-state index contributed by atoms with van der Waals surface area (Å²) in [5, 5.41) is 12.3. The van der Waals surface area contributed by atoms with Crippen molar-refractivity contribution < 1.29 is 9.90 Å². The van der Waals surface area contributed by atoms with E-state index in [-0.39, 0.29) is 11.3 Å². The third-order valence-corrected chi connectivity index (χ3v) is 1.51. The Labute approximate surface area is 74.2 Å². The van der Waals surface area contributed by atoms with Crippen LogP contribution in [0.1, 0.15) is 34.6 Å². The number of ketones is 1. The molecule has 0 aliphatic rings. The molecule has 0 radical (unpaired) electrons. The van der Waals surface area contributed by atoms with Gasteiger partial charge in [-0.15, -0.1) is 0 Å². The summed E-state index contributed by atoms with van der Waals surface area (Å²) in [6.07, 6.45) is -0.637. The molecule has 2 atom stereocenters. The maximum Gasteiger partial charge on any atom is 0.149 e. The molecule has 0 bridgehead atoms. The first-order valence-corrected chi connectivity index (χ1v) is 4.20. The number of carbonyl (C=O) groups is 1. The lowest BCUT2D eigenvalue weighted by atomic mass is 10.0. The molecule has 0 spiro atoms. The van der Waals surface area contributed by atoms with Crippen LogP contribution in [-0.4, -0.2) is 28.6 Å². The van der Waals surface area contributed by atoms with Crippen LogP contribution in [0.5, 0.6) is 0 Å². The van der Waals surface area contributed by atoms with Crippen molar-refractivity contribution in [2.45, 2.75) is 52.3 Å². The Morgan fingerprint density at radius 3 is 1.92 bits per heavy atom. The molecule has 0 heterocycles. The molecule has 12 heavy (non-hydrogen) atoms. The van der Waals surface area contributed by atoms with Gasteiger partial charge in [0.2, 0.25) is 0 Å². The molecule has 72 valence electrons. The van der Waals surface area contributed by atoms with E-state index in [1.54, 1.807) is 6.92 Å². The van der Waals surface area contributed by atoms with E-state index >= 15 is 0 Å². The Morgan fingerprint density at radius 2 is 1.83 bits per heavy atom. The van der Waals surface area contributed by atoms with Crippen LogP contribution in [0.15, 0.2) is 0 Å². The van der Waals surface area contributed by atoms with E-state index in [2.05, 4.69) is 5.32 Å². The summed E-state index contributed by atoms with van der Waals surface area (Å²) in [4.78, 5) is 11.0. The minimum Gasteiger partial charge on any atom is -0.391 e. The number of carbonyl (C=O) groups excluding carboxylic acids is 1. The summed E-state index contributed by atoms with van der Waals surface area (Å²) in [7, 11) is 0. The number of nitrogens with one attached hydrogen (secondary N) is 1. The van der Waals surface area contributed by atoms with E-state index in [4.69, 9.17) is 0 Å². The first-order chi connectivity index (χ1) is 5.24. The number of rotatable bonds is 3. The molecular formula is C9H19NO2. The first kappa shape index (κ1) is 11.6. The highest BCUT2D eigenvalue weighted by molar-refractivity contribution is 5.82. The van der Waals surface area contributed by atoms with Crippen molar-refractivity contribution in [3.8, 4) is 0 Å². The normalized spacial score (nSPS) is 17.2. The largest absolute Gasteiger partial charge is 0.391 e. The fraction of sp³-hybridized carbons (Fsp3) is 0.889. The SMILES string of the molecule is CC(=O)[C@@H](NC(C)(C)C)[C@H](C)O. The molecule has 0 rings (SSSR count). The van der Waals surface area contributed by atoms with Gasteiger partial charge in [0, 0.05) is 5.54 Å². The van der Waals surface area contributed by atoms with Crippen molar-refractivity contribution in [3.05, 3.63) is 0 Å². The lowest BCUT2D eigenvalue weighted by Gasteiger charge is -2.28. The van der Waals surface area contributed by atoms with Crippen molar-refractivity contribution in [2.75, 3.05) is 0 Å². The summed E-state index contributed by atoms with van der Waals surface area (Å²) in [5.41, 5.74) is -0.146. The van der Waals surface area contributed by atoms with Gasteiger partial charge in [-0.1, -0.05) is 0 Å². The third-order valence-electron chi connectivity index (χ3n) is 1.51. The maximum absolute atomic E-state index is 11.0. The number of hydrogen-bond donors (Lipinski definition) is 2. The predicted molar refractivity (Wildman–Crippen MR) is 49.0 cm³/mol. The minimum absolute atomic E-state index is 0.0278. The van der Waals surface area contributed by atoms with Gasteiger partial charge in [-0.3, -0.25) is 4.79 Å². The molecule has 0 unspecified atom stereocenters. The molecule has 0 aromatic carbocycles. The van der Waals surface area contributed by atoms with Gasteiger partial charge in [0.25, 0.3) is 0 Å². The van der Waals surface area contributed by atoms with E-state index in [0.29, 0.717) is 0 Å². The number of aliphatic hydroxyl groups excluding tert-OH is 1. The van der Waals surface area contributed by atoms with E-state index in [1.807, 2.05) is 20.8 Å². The van der Waals surface area contributed by atoms with Crippen molar-refractivity contribution in [3.63, 3.8) is 0 Å². The van der Waals surface area contributed by atoms with E-state index < -0.39 is 12.1 Å². The summed E-state index contributed by atoms with van der Waals surface area (Å²) in [5.74, 6) is -0.0278. The lowest BCUT2D eigenvalue weighted by Crippen LogP contribution is -2.52. The zero-order chi connectivity index (χ0) is 9.94. The monoisotopic (exact) mass is 173 g/mol. The Morgan fingerprint density at radius 1 is 1.42 bits per heavy atom. The average Bonchev–Trinajstić information content (AvgIpc) is 1.79. The van der Waals surface area contributed by atoms with Crippen molar-refractivity contribution in [1.82, 2.24) is 5.32 Å². The smallest absolute Gasteiger partial charge is 0.149 e. The molecule has 3 nitrogen and oxygen atoms in total. The maximum atomic E-state index is 11.0. The minimum atomic E-state index is -0.637. The molecule has 0 saturated heterocycles. The van der Waals surface area contributed by atoms with Crippen LogP contribution in [0, 0.1) is 0 Å². The zero-order valence-electron chi connectivity index (χ0n) is 8.51. The highest BCUT2D eigenvalue weighted by Crippen LogP contribution is 2.04. The fourth-order valence-corrected chi connectivity index (χ4v) is 1.03. The van der Waals surface area contributed by atoms with Gasteiger partial charge in [-0.05, 0) is 34.6 Å². The second-order valence-corrected chi connectivity index (χ2v) is 4.22. The van der Waals surface area contributed by atoms with Crippen LogP contribution in [0.2, 0.25) is 0 Å². The molecule has 0 aromatic heterocycles. The molecule has 0 amide bonds. The predicted octanol–water partition coefficient (Wildman–Crippen LogP) is 0.713. The molecule has 0 fully saturated rings. The van der Waals surface area contributed by atoms with Crippen LogP contribution in [0.4, 0.5) is 0 Å². The van der Waals surface area contributed by atoms with Crippen LogP contribution < -0.4 is 5.32 Å². The van der Waals surface area contributed by atoms with Crippen LogP contribution in [0.25, 0.3) is 0 Å². The van der Waals surface area contributed by atoms with Gasteiger partial charge in [-0.2, -0.15) is 0 Å². The Bertz CT molecular complexity index is 158. The Balaban J connectivity index is 4.25. The highest BCUT2D eigenvalue weighted by atomic mass is 16.3. The van der Waals surface area contributed by atoms with Gasteiger partial charge in [-0.25, -0.2) is 0 Å². The molecule has 0 aliphatic heterocycles. The number of aliphatic hydroxyl groups is 1. The number of Topliss-reactive ketones (excluding diaryl/α,β-unsaturated/α-hetero) is 1. The van der Waals surface area contributed by atoms with Crippen molar-refractivity contribution >= 4 is 5.78 Å². The number of hydrogen-bond acceptors (Lipinski definition) is 3. The van der Waals surface area contributed by atoms with Gasteiger partial charge in [0.1, 0.15) is 5.78 Å².